The zero-order valence-corrected chi connectivity index (χ0v) is 10.7. The van der Waals surface area contributed by atoms with Crippen LogP contribution in [0.3, 0.4) is 0 Å². The quantitative estimate of drug-likeness (QED) is 0.817. The second-order valence-electron chi connectivity index (χ2n) is 3.39. The van der Waals surface area contributed by atoms with Crippen LogP contribution in [-0.4, -0.2) is 38.3 Å². The summed E-state index contributed by atoms with van der Waals surface area (Å²) in [5.41, 5.74) is 0.821. The summed E-state index contributed by atoms with van der Waals surface area (Å²) >= 11 is 5.16. The van der Waals surface area contributed by atoms with Crippen molar-refractivity contribution in [2.24, 2.45) is 0 Å². The number of ether oxygens (including phenoxy) is 2. The highest BCUT2D eigenvalue weighted by molar-refractivity contribution is 7.80. The van der Waals surface area contributed by atoms with Gasteiger partial charge < -0.3 is 19.7 Å². The van der Waals surface area contributed by atoms with Crippen LogP contribution in [0.15, 0.2) is 18.2 Å². The minimum atomic E-state index is 0.628. The van der Waals surface area contributed by atoms with Gasteiger partial charge in [0.1, 0.15) is 11.5 Å². The average Bonchev–Trinajstić information content (AvgIpc) is 2.29. The van der Waals surface area contributed by atoms with Crippen molar-refractivity contribution in [3.05, 3.63) is 18.2 Å². The van der Waals surface area contributed by atoms with Crippen LogP contribution >= 0.6 is 12.2 Å². The molecule has 0 aromatic heterocycles. The van der Waals surface area contributed by atoms with Crippen LogP contribution in [0.5, 0.6) is 11.5 Å². The summed E-state index contributed by atoms with van der Waals surface area (Å²) in [6.45, 7) is 0. The molecule has 1 aromatic carbocycles. The van der Waals surface area contributed by atoms with Gasteiger partial charge in [0.05, 0.1) is 19.9 Å². The maximum Gasteiger partial charge on any atom is 0.172 e. The van der Waals surface area contributed by atoms with Crippen LogP contribution in [-0.2, 0) is 0 Å². The first kappa shape index (κ1) is 12.6. The Bertz CT molecular complexity index is 380. The Labute approximate surface area is 101 Å². The van der Waals surface area contributed by atoms with Gasteiger partial charge in [0.25, 0.3) is 0 Å². The summed E-state index contributed by atoms with van der Waals surface area (Å²) in [7, 11) is 6.99. The minimum Gasteiger partial charge on any atom is -0.497 e. The Hall–Kier alpha value is -1.49. The van der Waals surface area contributed by atoms with Gasteiger partial charge in [-0.05, 0) is 24.4 Å². The minimum absolute atomic E-state index is 0.628. The Morgan fingerprint density at radius 2 is 1.94 bits per heavy atom. The van der Waals surface area contributed by atoms with Crippen molar-refractivity contribution < 1.29 is 9.47 Å². The molecule has 1 aromatic rings. The number of methoxy groups -OCH3 is 2. The molecule has 0 amide bonds. The molecule has 0 aliphatic carbocycles. The number of anilines is 1. The van der Waals surface area contributed by atoms with E-state index in [2.05, 4.69) is 5.32 Å². The SMILES string of the molecule is COc1ccc(NC(=S)N(C)C)c(OC)c1. The Kier molecular flexibility index (Phi) is 4.37. The molecule has 88 valence electrons. The number of nitrogens with zero attached hydrogens (tertiary/aromatic N) is 1. The monoisotopic (exact) mass is 240 g/mol. The first-order chi connectivity index (χ1) is 7.58. The first-order valence-corrected chi connectivity index (χ1v) is 5.19. The predicted molar refractivity (Wildman–Crippen MR) is 69.5 cm³/mol. The molecule has 4 nitrogen and oxygen atoms in total. The van der Waals surface area contributed by atoms with Crippen LogP contribution < -0.4 is 14.8 Å². The average molecular weight is 240 g/mol. The molecule has 0 spiro atoms. The predicted octanol–water partition coefficient (Wildman–Crippen LogP) is 1.96. The molecular weight excluding hydrogens is 224 g/mol. The zero-order chi connectivity index (χ0) is 12.1. The molecule has 5 heteroatoms. The fourth-order valence-electron chi connectivity index (χ4n) is 1.13. The molecule has 0 bridgehead atoms. The highest BCUT2D eigenvalue weighted by Crippen LogP contribution is 2.29. The largest absolute Gasteiger partial charge is 0.497 e. The number of thiocarbonyl (C=S) groups is 1. The van der Waals surface area contributed by atoms with E-state index in [0.29, 0.717) is 10.9 Å². The molecule has 0 saturated carbocycles. The Morgan fingerprint density at radius 3 is 2.44 bits per heavy atom. The number of hydrogen-bond acceptors (Lipinski definition) is 3. The van der Waals surface area contributed by atoms with Gasteiger partial charge in [-0.15, -0.1) is 0 Å². The summed E-state index contributed by atoms with van der Waals surface area (Å²) in [6, 6.07) is 5.52. The highest BCUT2D eigenvalue weighted by atomic mass is 32.1. The van der Waals surface area contributed by atoms with Crippen molar-refractivity contribution >= 4 is 23.0 Å². The van der Waals surface area contributed by atoms with E-state index in [1.165, 1.54) is 0 Å². The van der Waals surface area contributed by atoms with Crippen LogP contribution in [0.1, 0.15) is 0 Å². The molecule has 0 unspecified atom stereocenters. The summed E-state index contributed by atoms with van der Waals surface area (Å²) < 4.78 is 10.4. The normalized spacial score (nSPS) is 9.50. The Balaban J connectivity index is 2.91. The van der Waals surface area contributed by atoms with Crippen LogP contribution in [0.2, 0.25) is 0 Å². The molecule has 0 aliphatic heterocycles. The summed E-state index contributed by atoms with van der Waals surface area (Å²) in [6.07, 6.45) is 0. The van der Waals surface area contributed by atoms with Gasteiger partial charge in [-0.2, -0.15) is 0 Å². The van der Waals surface area contributed by atoms with Crippen molar-refractivity contribution in [2.75, 3.05) is 33.6 Å². The first-order valence-electron chi connectivity index (χ1n) is 4.78. The Morgan fingerprint density at radius 1 is 1.25 bits per heavy atom. The van der Waals surface area contributed by atoms with Gasteiger partial charge in [-0.3, -0.25) is 0 Å². The van der Waals surface area contributed by atoms with E-state index in [0.717, 1.165) is 11.4 Å². The second-order valence-corrected chi connectivity index (χ2v) is 3.78. The van der Waals surface area contributed by atoms with E-state index in [1.54, 1.807) is 20.3 Å². The smallest absolute Gasteiger partial charge is 0.172 e. The van der Waals surface area contributed by atoms with Crippen molar-refractivity contribution in [3.63, 3.8) is 0 Å². The fraction of sp³-hybridized carbons (Fsp3) is 0.364. The van der Waals surface area contributed by atoms with Gasteiger partial charge >= 0.3 is 0 Å². The van der Waals surface area contributed by atoms with Gasteiger partial charge in [0.15, 0.2) is 5.11 Å². The molecule has 0 saturated heterocycles. The molecule has 0 atom stereocenters. The molecule has 1 N–H and O–H groups in total. The maximum absolute atomic E-state index is 5.25. The van der Waals surface area contributed by atoms with E-state index < -0.39 is 0 Å². The lowest BCUT2D eigenvalue weighted by atomic mass is 10.2. The molecule has 1 rings (SSSR count). The van der Waals surface area contributed by atoms with E-state index >= 15 is 0 Å². The number of nitrogens with one attached hydrogen (secondary N) is 1. The van der Waals surface area contributed by atoms with E-state index in [4.69, 9.17) is 21.7 Å². The van der Waals surface area contributed by atoms with E-state index in [1.807, 2.05) is 31.1 Å². The third-order valence-electron chi connectivity index (χ3n) is 2.06. The number of benzene rings is 1. The topological polar surface area (TPSA) is 33.7 Å². The highest BCUT2D eigenvalue weighted by Gasteiger charge is 2.07. The van der Waals surface area contributed by atoms with E-state index in [-0.39, 0.29) is 0 Å². The lowest BCUT2D eigenvalue weighted by molar-refractivity contribution is 0.395. The van der Waals surface area contributed by atoms with Crippen molar-refractivity contribution in [3.8, 4) is 11.5 Å². The fourth-order valence-corrected chi connectivity index (χ4v) is 1.24. The standard InChI is InChI=1S/C11H16N2O2S/c1-13(2)11(16)12-9-6-5-8(14-3)7-10(9)15-4/h5-7H,1-4H3,(H,12,16). The molecule has 16 heavy (non-hydrogen) atoms. The van der Waals surface area contributed by atoms with Crippen LogP contribution in [0.4, 0.5) is 5.69 Å². The van der Waals surface area contributed by atoms with Gasteiger partial charge in [-0.25, -0.2) is 0 Å². The third-order valence-corrected chi connectivity index (χ3v) is 2.52. The molecule has 0 radical (unpaired) electrons. The zero-order valence-electron chi connectivity index (χ0n) is 9.90. The summed E-state index contributed by atoms with van der Waals surface area (Å²) in [5.74, 6) is 1.45. The van der Waals surface area contributed by atoms with Crippen LogP contribution in [0, 0.1) is 0 Å². The molecule has 0 heterocycles. The van der Waals surface area contributed by atoms with Crippen molar-refractivity contribution in [2.45, 2.75) is 0 Å². The van der Waals surface area contributed by atoms with Gasteiger partial charge in [0.2, 0.25) is 0 Å². The second kappa shape index (κ2) is 5.55. The third kappa shape index (κ3) is 3.00. The van der Waals surface area contributed by atoms with Crippen LogP contribution in [0.25, 0.3) is 0 Å². The van der Waals surface area contributed by atoms with Crippen molar-refractivity contribution in [1.82, 2.24) is 4.90 Å². The molecular formula is C11H16N2O2S. The maximum atomic E-state index is 5.25. The molecule has 0 fully saturated rings. The van der Waals surface area contributed by atoms with Gasteiger partial charge in [0, 0.05) is 20.2 Å². The number of rotatable bonds is 3. The lowest BCUT2D eigenvalue weighted by Crippen LogP contribution is -2.27. The van der Waals surface area contributed by atoms with Gasteiger partial charge in [-0.1, -0.05) is 0 Å². The lowest BCUT2D eigenvalue weighted by Gasteiger charge is -2.17. The van der Waals surface area contributed by atoms with E-state index in [9.17, 15) is 0 Å². The summed E-state index contributed by atoms with van der Waals surface area (Å²) in [5, 5.41) is 3.72. The van der Waals surface area contributed by atoms with Crippen molar-refractivity contribution in [1.29, 1.82) is 0 Å². The number of hydrogen-bond donors (Lipinski definition) is 1. The summed E-state index contributed by atoms with van der Waals surface area (Å²) in [4.78, 5) is 1.82. The molecule has 0 aliphatic rings.